The molecule has 0 unspecified atom stereocenters. The van der Waals surface area contributed by atoms with E-state index in [9.17, 15) is 0 Å². The first kappa shape index (κ1) is 11.7. The SMILES string of the molecule is CCOCCOc1ccc2nc(N)ccc2c1. The molecule has 4 nitrogen and oxygen atoms in total. The number of nitrogens with two attached hydrogens (primary N) is 1. The van der Waals surface area contributed by atoms with Crippen LogP contribution in [0, 0.1) is 0 Å². The van der Waals surface area contributed by atoms with Crippen molar-refractivity contribution in [1.29, 1.82) is 0 Å². The molecule has 0 bridgehead atoms. The van der Waals surface area contributed by atoms with Gasteiger partial charge in [0.25, 0.3) is 0 Å². The Kier molecular flexibility index (Phi) is 3.77. The Morgan fingerprint density at radius 1 is 1.18 bits per heavy atom. The summed E-state index contributed by atoms with van der Waals surface area (Å²) in [7, 11) is 0. The monoisotopic (exact) mass is 232 g/mol. The van der Waals surface area contributed by atoms with Gasteiger partial charge in [-0.3, -0.25) is 0 Å². The summed E-state index contributed by atoms with van der Waals surface area (Å²) in [5.41, 5.74) is 6.49. The molecule has 1 heterocycles. The predicted octanol–water partition coefficient (Wildman–Crippen LogP) is 2.23. The van der Waals surface area contributed by atoms with Crippen LogP contribution in [0.2, 0.25) is 0 Å². The van der Waals surface area contributed by atoms with E-state index in [1.54, 1.807) is 6.07 Å². The third-order valence-electron chi connectivity index (χ3n) is 2.38. The summed E-state index contributed by atoms with van der Waals surface area (Å²) in [5.74, 6) is 1.35. The highest BCUT2D eigenvalue weighted by atomic mass is 16.5. The molecule has 2 N–H and O–H groups in total. The maximum Gasteiger partial charge on any atom is 0.124 e. The lowest BCUT2D eigenvalue weighted by Crippen LogP contribution is -2.06. The number of nitrogens with zero attached hydrogens (tertiary/aromatic N) is 1. The molecule has 0 saturated carbocycles. The van der Waals surface area contributed by atoms with E-state index in [1.807, 2.05) is 31.2 Å². The molecule has 90 valence electrons. The Labute approximate surface area is 100 Å². The van der Waals surface area contributed by atoms with Crippen LogP contribution in [0.5, 0.6) is 5.75 Å². The second kappa shape index (κ2) is 5.50. The minimum atomic E-state index is 0.530. The quantitative estimate of drug-likeness (QED) is 0.803. The number of hydrogen-bond acceptors (Lipinski definition) is 4. The highest BCUT2D eigenvalue weighted by Crippen LogP contribution is 2.20. The van der Waals surface area contributed by atoms with Gasteiger partial charge >= 0.3 is 0 Å². The first-order valence-electron chi connectivity index (χ1n) is 5.66. The topological polar surface area (TPSA) is 57.4 Å². The highest BCUT2D eigenvalue weighted by molar-refractivity contribution is 5.81. The molecule has 0 amide bonds. The maximum absolute atomic E-state index is 5.62. The van der Waals surface area contributed by atoms with Crippen molar-refractivity contribution in [1.82, 2.24) is 4.98 Å². The molecule has 4 heteroatoms. The van der Waals surface area contributed by atoms with Gasteiger partial charge in [-0.15, -0.1) is 0 Å². The van der Waals surface area contributed by atoms with E-state index in [1.165, 1.54) is 0 Å². The molecule has 1 aromatic heterocycles. The molecule has 0 fully saturated rings. The highest BCUT2D eigenvalue weighted by Gasteiger charge is 1.99. The van der Waals surface area contributed by atoms with Gasteiger partial charge in [-0.2, -0.15) is 0 Å². The van der Waals surface area contributed by atoms with Crippen molar-refractivity contribution < 1.29 is 9.47 Å². The number of nitrogen functional groups attached to an aromatic ring is 1. The second-order valence-electron chi connectivity index (χ2n) is 3.64. The number of hydrogen-bond donors (Lipinski definition) is 1. The van der Waals surface area contributed by atoms with Crippen LogP contribution in [0.15, 0.2) is 30.3 Å². The van der Waals surface area contributed by atoms with Gasteiger partial charge in [0, 0.05) is 12.0 Å². The minimum Gasteiger partial charge on any atom is -0.491 e. The first-order valence-corrected chi connectivity index (χ1v) is 5.66. The molecule has 17 heavy (non-hydrogen) atoms. The Bertz CT molecular complexity index is 500. The number of pyridine rings is 1. The summed E-state index contributed by atoms with van der Waals surface area (Å²) in [6, 6.07) is 9.47. The summed E-state index contributed by atoms with van der Waals surface area (Å²) in [6.45, 7) is 3.84. The normalized spacial score (nSPS) is 10.6. The summed E-state index contributed by atoms with van der Waals surface area (Å²) < 4.78 is 10.8. The fourth-order valence-corrected chi connectivity index (χ4v) is 1.57. The average Bonchev–Trinajstić information content (AvgIpc) is 2.35. The van der Waals surface area contributed by atoms with E-state index >= 15 is 0 Å². The molecule has 0 atom stereocenters. The molecule has 0 aliphatic rings. The zero-order chi connectivity index (χ0) is 12.1. The molecule has 0 saturated heterocycles. The van der Waals surface area contributed by atoms with Gasteiger partial charge < -0.3 is 15.2 Å². The Morgan fingerprint density at radius 2 is 2.06 bits per heavy atom. The summed E-state index contributed by atoms with van der Waals surface area (Å²) >= 11 is 0. The lowest BCUT2D eigenvalue weighted by molar-refractivity contribution is 0.110. The smallest absolute Gasteiger partial charge is 0.124 e. The predicted molar refractivity (Wildman–Crippen MR) is 68.1 cm³/mol. The van der Waals surface area contributed by atoms with Crippen LogP contribution in [0.4, 0.5) is 5.82 Å². The van der Waals surface area contributed by atoms with E-state index in [0.717, 1.165) is 16.7 Å². The zero-order valence-electron chi connectivity index (χ0n) is 9.85. The average molecular weight is 232 g/mol. The third kappa shape index (κ3) is 3.07. The van der Waals surface area contributed by atoms with Gasteiger partial charge in [-0.1, -0.05) is 0 Å². The van der Waals surface area contributed by atoms with Gasteiger partial charge in [0.05, 0.1) is 12.1 Å². The molecule has 2 aromatic rings. The van der Waals surface area contributed by atoms with E-state index in [0.29, 0.717) is 25.6 Å². The van der Waals surface area contributed by atoms with Crippen LogP contribution in [-0.4, -0.2) is 24.8 Å². The third-order valence-corrected chi connectivity index (χ3v) is 2.38. The van der Waals surface area contributed by atoms with E-state index in [2.05, 4.69) is 4.98 Å². The first-order chi connectivity index (χ1) is 8.29. The van der Waals surface area contributed by atoms with Crippen molar-refractivity contribution >= 4 is 16.7 Å². The van der Waals surface area contributed by atoms with Crippen molar-refractivity contribution in [2.45, 2.75) is 6.92 Å². The van der Waals surface area contributed by atoms with E-state index in [4.69, 9.17) is 15.2 Å². The molecular weight excluding hydrogens is 216 g/mol. The van der Waals surface area contributed by atoms with Gasteiger partial charge in [0.2, 0.25) is 0 Å². The van der Waals surface area contributed by atoms with Crippen LogP contribution in [0.3, 0.4) is 0 Å². The Hall–Kier alpha value is -1.81. The largest absolute Gasteiger partial charge is 0.491 e. The molecule has 0 aliphatic carbocycles. The van der Waals surface area contributed by atoms with E-state index < -0.39 is 0 Å². The number of aromatic nitrogens is 1. The van der Waals surface area contributed by atoms with Crippen LogP contribution in [0.1, 0.15) is 6.92 Å². The van der Waals surface area contributed by atoms with Crippen LogP contribution in [0.25, 0.3) is 10.9 Å². The van der Waals surface area contributed by atoms with Crippen molar-refractivity contribution in [3.63, 3.8) is 0 Å². The van der Waals surface area contributed by atoms with Crippen molar-refractivity contribution in [2.24, 2.45) is 0 Å². The van der Waals surface area contributed by atoms with Gasteiger partial charge in [0.15, 0.2) is 0 Å². The van der Waals surface area contributed by atoms with Crippen LogP contribution >= 0.6 is 0 Å². The Balaban J connectivity index is 2.07. The van der Waals surface area contributed by atoms with Gasteiger partial charge in [0.1, 0.15) is 18.2 Å². The minimum absolute atomic E-state index is 0.530. The van der Waals surface area contributed by atoms with Crippen molar-refractivity contribution in [3.05, 3.63) is 30.3 Å². The summed E-state index contributed by atoms with van der Waals surface area (Å²) in [6.07, 6.45) is 0. The molecule has 1 aromatic carbocycles. The van der Waals surface area contributed by atoms with Crippen LogP contribution < -0.4 is 10.5 Å². The van der Waals surface area contributed by atoms with E-state index in [-0.39, 0.29) is 0 Å². The van der Waals surface area contributed by atoms with Gasteiger partial charge in [-0.05, 0) is 37.3 Å². The Morgan fingerprint density at radius 3 is 2.88 bits per heavy atom. The molecule has 0 spiro atoms. The number of fused-ring (bicyclic) bond motifs is 1. The van der Waals surface area contributed by atoms with Crippen LogP contribution in [-0.2, 0) is 4.74 Å². The number of ether oxygens (including phenoxy) is 2. The standard InChI is InChI=1S/C13H16N2O2/c1-2-16-7-8-17-11-4-5-12-10(9-11)3-6-13(14)15-12/h3-6,9H,2,7-8H2,1H3,(H2,14,15). The molecular formula is C13H16N2O2. The summed E-state index contributed by atoms with van der Waals surface area (Å²) in [4.78, 5) is 4.22. The molecule has 0 radical (unpaired) electrons. The van der Waals surface area contributed by atoms with Crippen molar-refractivity contribution in [3.8, 4) is 5.75 Å². The molecule has 0 aliphatic heterocycles. The van der Waals surface area contributed by atoms with Crippen molar-refractivity contribution in [2.75, 3.05) is 25.6 Å². The number of anilines is 1. The lowest BCUT2D eigenvalue weighted by atomic mass is 10.2. The maximum atomic E-state index is 5.62. The number of benzene rings is 1. The second-order valence-corrected chi connectivity index (χ2v) is 3.64. The molecule has 2 rings (SSSR count). The zero-order valence-corrected chi connectivity index (χ0v) is 9.85. The van der Waals surface area contributed by atoms with Gasteiger partial charge in [-0.25, -0.2) is 4.98 Å². The number of rotatable bonds is 5. The fourth-order valence-electron chi connectivity index (χ4n) is 1.57. The summed E-state index contributed by atoms with van der Waals surface area (Å²) in [5, 5.41) is 1.02. The fraction of sp³-hybridized carbons (Fsp3) is 0.308. The lowest BCUT2D eigenvalue weighted by Gasteiger charge is -2.07.